The Morgan fingerprint density at radius 3 is 2.21 bits per heavy atom. The van der Waals surface area contributed by atoms with E-state index in [4.69, 9.17) is 4.74 Å². The zero-order chi connectivity index (χ0) is 30.9. The van der Waals surface area contributed by atoms with Crippen molar-refractivity contribution < 1.29 is 49.8 Å². The Bertz CT molecular complexity index is 1530. The number of rotatable bonds is 8. The minimum Gasteiger partial charge on any atom is -0.497 e. The predicted octanol–water partition coefficient (Wildman–Crippen LogP) is 4.54. The summed E-state index contributed by atoms with van der Waals surface area (Å²) >= 11 is 0. The molecule has 0 spiro atoms. The van der Waals surface area contributed by atoms with Gasteiger partial charge >= 0.3 is 6.36 Å². The molecular formula is C27H22F7N3O5. The van der Waals surface area contributed by atoms with E-state index < -0.39 is 78.2 Å². The number of alkyl halides is 5. The van der Waals surface area contributed by atoms with Crippen molar-refractivity contribution in [2.75, 3.05) is 18.6 Å². The first-order valence-electron chi connectivity index (χ1n) is 12.2. The normalized spacial score (nSPS) is 17.1. The number of methoxy groups -OCH3 is 1. The molecule has 0 saturated carbocycles. The summed E-state index contributed by atoms with van der Waals surface area (Å²) in [7, 11) is 1.17. The molecule has 1 aromatic heterocycles. The Kier molecular flexibility index (Phi) is 8.50. The minimum atomic E-state index is -4.98. The molecule has 0 bridgehead atoms. The fourth-order valence-corrected chi connectivity index (χ4v) is 4.69. The summed E-state index contributed by atoms with van der Waals surface area (Å²) in [5.41, 5.74) is -1.94. The van der Waals surface area contributed by atoms with Crippen LogP contribution in [-0.4, -0.2) is 48.9 Å². The first-order valence-corrected chi connectivity index (χ1v) is 12.2. The number of nitrogens with one attached hydrogen (secondary N) is 1. The third kappa shape index (κ3) is 6.34. The molecule has 1 N–H and O–H groups in total. The first kappa shape index (κ1) is 30.4. The summed E-state index contributed by atoms with van der Waals surface area (Å²) in [6.45, 7) is -0.0820. The SMILES string of the molecule is COc1cc(F)c([C@@H]2CN(c3c(C)ccn(CC(F)F)c3=O)C(=O)[C@H]2NC(=O)c2ccc(OC(F)(F)F)cc2)c(F)c1. The summed E-state index contributed by atoms with van der Waals surface area (Å²) in [5, 5.41) is 2.34. The zero-order valence-electron chi connectivity index (χ0n) is 21.8. The van der Waals surface area contributed by atoms with E-state index in [-0.39, 0.29) is 22.6 Å². The van der Waals surface area contributed by atoms with Crippen molar-refractivity contribution in [2.24, 2.45) is 0 Å². The van der Waals surface area contributed by atoms with Gasteiger partial charge < -0.3 is 24.3 Å². The maximum atomic E-state index is 15.2. The molecule has 15 heteroatoms. The zero-order valence-corrected chi connectivity index (χ0v) is 21.8. The molecule has 2 heterocycles. The average molecular weight is 601 g/mol. The first-order chi connectivity index (χ1) is 19.7. The van der Waals surface area contributed by atoms with E-state index in [1.54, 1.807) is 0 Å². The van der Waals surface area contributed by atoms with Crippen LogP contribution in [0.25, 0.3) is 0 Å². The van der Waals surface area contributed by atoms with E-state index in [0.29, 0.717) is 4.57 Å². The molecule has 1 aliphatic heterocycles. The van der Waals surface area contributed by atoms with E-state index in [0.717, 1.165) is 47.5 Å². The smallest absolute Gasteiger partial charge is 0.497 e. The number of anilines is 1. The highest BCUT2D eigenvalue weighted by Gasteiger charge is 2.46. The molecule has 1 fully saturated rings. The summed E-state index contributed by atoms with van der Waals surface area (Å²) in [4.78, 5) is 40.6. The molecule has 1 aliphatic rings. The standard InChI is InChI=1S/C27H22F7N3O5/c1-13-7-8-36(12-20(30)31)26(40)23(13)37-11-17(21-18(28)9-16(41-2)10-19(21)29)22(25(37)39)35-24(38)14-3-5-15(6-4-14)42-27(32,33)34/h3-10,17,20,22H,11-12H2,1-2H3,(H,35,38)/t17-,22-/m0/s1. The number of hydrogen-bond acceptors (Lipinski definition) is 5. The number of halogens is 7. The number of carbonyl (C=O) groups excluding carboxylic acids is 2. The molecule has 0 unspecified atom stereocenters. The van der Waals surface area contributed by atoms with Crippen molar-refractivity contribution in [1.82, 2.24) is 9.88 Å². The third-order valence-electron chi connectivity index (χ3n) is 6.56. The van der Waals surface area contributed by atoms with E-state index in [1.807, 2.05) is 0 Å². The van der Waals surface area contributed by atoms with Crippen LogP contribution in [-0.2, 0) is 11.3 Å². The van der Waals surface area contributed by atoms with Crippen LogP contribution in [0.3, 0.4) is 0 Å². The topological polar surface area (TPSA) is 89.9 Å². The van der Waals surface area contributed by atoms with E-state index >= 15 is 8.78 Å². The molecule has 2 atom stereocenters. The Hall–Kier alpha value is -4.56. The van der Waals surface area contributed by atoms with Gasteiger partial charge in [0.15, 0.2) is 0 Å². The van der Waals surface area contributed by atoms with Crippen molar-refractivity contribution in [1.29, 1.82) is 0 Å². The number of amides is 2. The fourth-order valence-electron chi connectivity index (χ4n) is 4.69. The number of nitrogens with zero attached hydrogens (tertiary/aromatic N) is 2. The van der Waals surface area contributed by atoms with Gasteiger partial charge in [-0.1, -0.05) is 0 Å². The van der Waals surface area contributed by atoms with Crippen LogP contribution in [0.1, 0.15) is 27.4 Å². The number of aryl methyl sites for hydroxylation is 1. The number of ether oxygens (including phenoxy) is 2. The Labute approximate surface area is 233 Å². The molecule has 224 valence electrons. The monoisotopic (exact) mass is 601 g/mol. The van der Waals surface area contributed by atoms with Gasteiger partial charge in [0, 0.05) is 41.9 Å². The van der Waals surface area contributed by atoms with E-state index in [9.17, 15) is 36.3 Å². The van der Waals surface area contributed by atoms with Crippen molar-refractivity contribution in [3.63, 3.8) is 0 Å². The summed E-state index contributed by atoms with van der Waals surface area (Å²) in [6.07, 6.45) is -6.77. The van der Waals surface area contributed by atoms with Crippen molar-refractivity contribution in [2.45, 2.75) is 38.2 Å². The largest absolute Gasteiger partial charge is 0.573 e. The lowest BCUT2D eigenvalue weighted by molar-refractivity contribution is -0.274. The molecule has 4 rings (SSSR count). The van der Waals surface area contributed by atoms with Gasteiger partial charge in [-0.05, 0) is 42.8 Å². The highest BCUT2D eigenvalue weighted by atomic mass is 19.4. The van der Waals surface area contributed by atoms with Crippen molar-refractivity contribution in [3.8, 4) is 11.5 Å². The highest BCUT2D eigenvalue weighted by Crippen LogP contribution is 2.36. The lowest BCUT2D eigenvalue weighted by Gasteiger charge is -2.20. The van der Waals surface area contributed by atoms with Gasteiger partial charge in [0.05, 0.1) is 13.7 Å². The number of hydrogen-bond donors (Lipinski definition) is 1. The van der Waals surface area contributed by atoms with Gasteiger partial charge in [-0.15, -0.1) is 13.2 Å². The molecule has 2 amide bonds. The Balaban J connectivity index is 1.74. The second-order valence-electron chi connectivity index (χ2n) is 9.28. The van der Waals surface area contributed by atoms with Gasteiger partial charge in [0.1, 0.15) is 34.9 Å². The Morgan fingerprint density at radius 1 is 1.05 bits per heavy atom. The molecule has 0 aliphatic carbocycles. The van der Waals surface area contributed by atoms with E-state index in [1.165, 1.54) is 20.1 Å². The minimum absolute atomic E-state index is 0.175. The van der Waals surface area contributed by atoms with Gasteiger partial charge in [-0.2, -0.15) is 0 Å². The van der Waals surface area contributed by atoms with Crippen LogP contribution in [0.2, 0.25) is 0 Å². The highest BCUT2D eigenvalue weighted by molar-refractivity contribution is 6.05. The maximum Gasteiger partial charge on any atom is 0.573 e. The van der Waals surface area contributed by atoms with Crippen molar-refractivity contribution in [3.05, 3.63) is 87.3 Å². The number of benzene rings is 2. The second kappa shape index (κ2) is 11.7. The van der Waals surface area contributed by atoms with Gasteiger partial charge in [0.25, 0.3) is 17.9 Å². The average Bonchev–Trinajstić information content (AvgIpc) is 3.19. The fraction of sp³-hybridized carbons (Fsp3) is 0.296. The Morgan fingerprint density at radius 2 is 1.67 bits per heavy atom. The second-order valence-corrected chi connectivity index (χ2v) is 9.28. The van der Waals surface area contributed by atoms with Crippen LogP contribution in [0, 0.1) is 18.6 Å². The molecule has 0 radical (unpaired) electrons. The molecule has 42 heavy (non-hydrogen) atoms. The van der Waals surface area contributed by atoms with Crippen LogP contribution in [0.5, 0.6) is 11.5 Å². The summed E-state index contributed by atoms with van der Waals surface area (Å²) < 4.78 is 103. The molecule has 3 aromatic rings. The predicted molar refractivity (Wildman–Crippen MR) is 134 cm³/mol. The lowest BCUT2D eigenvalue weighted by Crippen LogP contribution is -2.45. The lowest BCUT2D eigenvalue weighted by atomic mass is 9.92. The number of carbonyl (C=O) groups is 2. The molecule has 1 saturated heterocycles. The van der Waals surface area contributed by atoms with Crippen LogP contribution in [0.15, 0.2) is 53.5 Å². The van der Waals surface area contributed by atoms with Crippen LogP contribution in [0.4, 0.5) is 36.4 Å². The number of pyridine rings is 1. The van der Waals surface area contributed by atoms with Crippen molar-refractivity contribution >= 4 is 17.5 Å². The molecule has 8 nitrogen and oxygen atoms in total. The van der Waals surface area contributed by atoms with Crippen LogP contribution < -0.4 is 25.2 Å². The summed E-state index contributed by atoms with van der Waals surface area (Å²) in [5.74, 6) is -6.45. The molecule has 2 aromatic carbocycles. The van der Waals surface area contributed by atoms with Gasteiger partial charge in [-0.25, -0.2) is 17.6 Å². The van der Waals surface area contributed by atoms with E-state index in [2.05, 4.69) is 10.1 Å². The quantitative estimate of drug-likeness (QED) is 0.384. The summed E-state index contributed by atoms with van der Waals surface area (Å²) in [6, 6.07) is 4.99. The maximum absolute atomic E-state index is 15.2. The third-order valence-corrected chi connectivity index (χ3v) is 6.56. The molecular weight excluding hydrogens is 579 g/mol. The van der Waals surface area contributed by atoms with Gasteiger partial charge in [0.2, 0.25) is 5.91 Å². The number of aromatic nitrogens is 1. The van der Waals surface area contributed by atoms with Gasteiger partial charge in [-0.3, -0.25) is 14.4 Å². The van der Waals surface area contributed by atoms with Crippen LogP contribution >= 0.6 is 0 Å².